The molecule has 0 saturated carbocycles. The van der Waals surface area contributed by atoms with Gasteiger partial charge >= 0.3 is 0 Å². The van der Waals surface area contributed by atoms with Crippen molar-refractivity contribution >= 4 is 5.78 Å². The third-order valence-corrected chi connectivity index (χ3v) is 4.29. The maximum absolute atomic E-state index is 12.4. The number of Topliss-reactive ketones (excluding diaryl/α,β-unsaturated/α-hetero) is 1. The minimum Gasteiger partial charge on any atom is -0.496 e. The summed E-state index contributed by atoms with van der Waals surface area (Å²) in [5.41, 5.74) is 2.86. The number of ketones is 1. The van der Waals surface area contributed by atoms with Crippen molar-refractivity contribution in [3.63, 3.8) is 0 Å². The summed E-state index contributed by atoms with van der Waals surface area (Å²) in [5, 5.41) is 0. The molecule has 0 aromatic heterocycles. The normalized spacial score (nSPS) is 17.0. The molecule has 1 aromatic rings. The van der Waals surface area contributed by atoms with Crippen LogP contribution in [0.25, 0.3) is 0 Å². The number of piperazine rings is 1. The van der Waals surface area contributed by atoms with E-state index in [4.69, 9.17) is 4.74 Å². The Balaban J connectivity index is 1.96. The molecule has 1 aliphatic heterocycles. The Bertz CT molecular complexity index is 506. The molecule has 1 heterocycles. The number of benzene rings is 1. The smallest absolute Gasteiger partial charge is 0.164 e. The molecule has 1 fully saturated rings. The maximum Gasteiger partial charge on any atom is 0.164 e. The van der Waals surface area contributed by atoms with Crippen LogP contribution in [0.4, 0.5) is 0 Å². The van der Waals surface area contributed by atoms with Gasteiger partial charge in [0.1, 0.15) is 5.75 Å². The zero-order chi connectivity index (χ0) is 15.4. The molecule has 4 heteroatoms. The van der Waals surface area contributed by atoms with Gasteiger partial charge in [-0.15, -0.1) is 0 Å². The first-order chi connectivity index (χ1) is 10.0. The summed E-state index contributed by atoms with van der Waals surface area (Å²) >= 11 is 0. The Kier molecular flexibility index (Phi) is 5.37. The molecule has 1 aliphatic rings. The average molecular weight is 290 g/mol. The van der Waals surface area contributed by atoms with Crippen molar-refractivity contribution in [1.29, 1.82) is 0 Å². The molecule has 0 spiro atoms. The number of likely N-dealkylation sites (N-methyl/N-ethyl adjacent to an activating group) is 1. The number of carbonyl (C=O) groups is 1. The van der Waals surface area contributed by atoms with Crippen molar-refractivity contribution in [3.8, 4) is 5.75 Å². The van der Waals surface area contributed by atoms with E-state index < -0.39 is 0 Å². The highest BCUT2D eigenvalue weighted by Crippen LogP contribution is 2.23. The quantitative estimate of drug-likeness (QED) is 0.778. The van der Waals surface area contributed by atoms with Crippen LogP contribution in [0.5, 0.6) is 5.75 Å². The Hall–Kier alpha value is -1.39. The molecule has 1 aromatic carbocycles. The molecule has 1 saturated heterocycles. The van der Waals surface area contributed by atoms with Gasteiger partial charge in [0, 0.05) is 44.7 Å². The van der Waals surface area contributed by atoms with Gasteiger partial charge < -0.3 is 14.5 Å². The molecule has 4 nitrogen and oxygen atoms in total. The van der Waals surface area contributed by atoms with Gasteiger partial charge in [-0.1, -0.05) is 0 Å². The minimum atomic E-state index is 0.234. The highest BCUT2D eigenvalue weighted by molar-refractivity contribution is 5.98. The Morgan fingerprint density at radius 1 is 1.14 bits per heavy atom. The lowest BCUT2D eigenvalue weighted by molar-refractivity contribution is 0.0941. The molecule has 0 amide bonds. The van der Waals surface area contributed by atoms with Gasteiger partial charge in [0.25, 0.3) is 0 Å². The standard InChI is InChI=1S/C17H26N2O2/c1-13-12-17(21-4)14(2)11-15(13)16(20)5-6-19-9-7-18(3)8-10-19/h11-12H,5-10H2,1-4H3. The van der Waals surface area contributed by atoms with E-state index in [0.29, 0.717) is 6.42 Å². The van der Waals surface area contributed by atoms with Crippen LogP contribution >= 0.6 is 0 Å². The molecule has 0 bridgehead atoms. The minimum absolute atomic E-state index is 0.234. The number of nitrogens with zero attached hydrogens (tertiary/aromatic N) is 2. The van der Waals surface area contributed by atoms with Gasteiger partial charge in [0.05, 0.1) is 7.11 Å². The molecule has 0 unspecified atom stereocenters. The van der Waals surface area contributed by atoms with Crippen LogP contribution in [0.3, 0.4) is 0 Å². The number of rotatable bonds is 5. The summed E-state index contributed by atoms with van der Waals surface area (Å²) in [7, 11) is 3.81. The van der Waals surface area contributed by atoms with E-state index in [-0.39, 0.29) is 5.78 Å². The molecular formula is C17H26N2O2. The molecule has 116 valence electrons. The maximum atomic E-state index is 12.4. The summed E-state index contributed by atoms with van der Waals surface area (Å²) in [4.78, 5) is 17.2. The Morgan fingerprint density at radius 2 is 1.81 bits per heavy atom. The van der Waals surface area contributed by atoms with E-state index in [1.807, 2.05) is 26.0 Å². The lowest BCUT2D eigenvalue weighted by Crippen LogP contribution is -2.45. The van der Waals surface area contributed by atoms with Gasteiger partial charge in [-0.05, 0) is 44.2 Å². The Labute approximate surface area is 127 Å². The van der Waals surface area contributed by atoms with Crippen LogP contribution in [0.15, 0.2) is 12.1 Å². The fourth-order valence-electron chi connectivity index (χ4n) is 2.78. The summed E-state index contributed by atoms with van der Waals surface area (Å²) in [6.45, 7) is 9.12. The third-order valence-electron chi connectivity index (χ3n) is 4.29. The predicted molar refractivity (Wildman–Crippen MR) is 85.4 cm³/mol. The van der Waals surface area contributed by atoms with E-state index in [1.54, 1.807) is 7.11 Å². The van der Waals surface area contributed by atoms with Gasteiger partial charge in [0.2, 0.25) is 0 Å². The fraction of sp³-hybridized carbons (Fsp3) is 0.588. The lowest BCUT2D eigenvalue weighted by Gasteiger charge is -2.32. The number of ether oxygens (including phenoxy) is 1. The second-order valence-corrected chi connectivity index (χ2v) is 5.95. The summed E-state index contributed by atoms with van der Waals surface area (Å²) in [6, 6.07) is 3.92. The predicted octanol–water partition coefficient (Wildman–Crippen LogP) is 2.13. The van der Waals surface area contributed by atoms with E-state index in [0.717, 1.165) is 55.2 Å². The highest BCUT2D eigenvalue weighted by Gasteiger charge is 2.17. The van der Waals surface area contributed by atoms with E-state index in [1.165, 1.54) is 0 Å². The van der Waals surface area contributed by atoms with Gasteiger partial charge in [-0.2, -0.15) is 0 Å². The van der Waals surface area contributed by atoms with E-state index >= 15 is 0 Å². The van der Waals surface area contributed by atoms with Crippen molar-refractivity contribution in [3.05, 3.63) is 28.8 Å². The van der Waals surface area contributed by atoms with Crippen molar-refractivity contribution in [1.82, 2.24) is 9.80 Å². The van der Waals surface area contributed by atoms with Crippen LogP contribution < -0.4 is 4.74 Å². The van der Waals surface area contributed by atoms with Gasteiger partial charge in [-0.3, -0.25) is 4.79 Å². The van der Waals surface area contributed by atoms with Crippen LogP contribution in [-0.2, 0) is 0 Å². The largest absolute Gasteiger partial charge is 0.496 e. The van der Waals surface area contributed by atoms with Crippen LogP contribution in [0.2, 0.25) is 0 Å². The summed E-state index contributed by atoms with van der Waals surface area (Å²) < 4.78 is 5.30. The molecule has 21 heavy (non-hydrogen) atoms. The van der Waals surface area contributed by atoms with Crippen LogP contribution in [0.1, 0.15) is 27.9 Å². The van der Waals surface area contributed by atoms with Crippen LogP contribution in [0, 0.1) is 13.8 Å². The Morgan fingerprint density at radius 3 is 2.43 bits per heavy atom. The topological polar surface area (TPSA) is 32.8 Å². The molecule has 0 N–H and O–H groups in total. The number of aryl methyl sites for hydroxylation is 2. The number of carbonyl (C=O) groups excluding carboxylic acids is 1. The van der Waals surface area contributed by atoms with Crippen LogP contribution in [-0.4, -0.2) is 62.5 Å². The third kappa shape index (κ3) is 4.05. The number of hydrogen-bond donors (Lipinski definition) is 0. The number of hydrogen-bond acceptors (Lipinski definition) is 4. The zero-order valence-corrected chi connectivity index (χ0v) is 13.6. The summed E-state index contributed by atoms with van der Waals surface area (Å²) in [6.07, 6.45) is 0.594. The van der Waals surface area contributed by atoms with Crippen molar-refractivity contribution in [2.75, 3.05) is 46.9 Å². The lowest BCUT2D eigenvalue weighted by atomic mass is 9.99. The monoisotopic (exact) mass is 290 g/mol. The summed E-state index contributed by atoms with van der Waals surface area (Å²) in [5.74, 6) is 1.08. The second-order valence-electron chi connectivity index (χ2n) is 5.95. The van der Waals surface area contributed by atoms with Crippen molar-refractivity contribution < 1.29 is 9.53 Å². The highest BCUT2D eigenvalue weighted by atomic mass is 16.5. The molecule has 0 aliphatic carbocycles. The zero-order valence-electron chi connectivity index (χ0n) is 13.6. The molecule has 0 atom stereocenters. The van der Waals surface area contributed by atoms with E-state index in [2.05, 4.69) is 16.8 Å². The first-order valence-corrected chi connectivity index (χ1v) is 7.60. The van der Waals surface area contributed by atoms with Gasteiger partial charge in [0.15, 0.2) is 5.78 Å². The SMILES string of the molecule is COc1cc(C)c(C(=O)CCN2CCN(C)CC2)cc1C. The van der Waals surface area contributed by atoms with Gasteiger partial charge in [-0.25, -0.2) is 0 Å². The molecular weight excluding hydrogens is 264 g/mol. The fourth-order valence-corrected chi connectivity index (χ4v) is 2.78. The first-order valence-electron chi connectivity index (χ1n) is 7.60. The second kappa shape index (κ2) is 7.05. The van der Waals surface area contributed by atoms with Crippen molar-refractivity contribution in [2.45, 2.75) is 20.3 Å². The first kappa shape index (κ1) is 16.0. The van der Waals surface area contributed by atoms with E-state index in [9.17, 15) is 4.79 Å². The molecule has 2 rings (SSSR count). The average Bonchev–Trinajstić information content (AvgIpc) is 2.48. The molecule has 0 radical (unpaired) electrons. The number of methoxy groups -OCH3 is 1. The van der Waals surface area contributed by atoms with Crippen molar-refractivity contribution in [2.24, 2.45) is 0 Å².